The van der Waals surface area contributed by atoms with E-state index < -0.39 is 0 Å². The Morgan fingerprint density at radius 2 is 2.16 bits per heavy atom. The van der Waals surface area contributed by atoms with Gasteiger partial charge < -0.3 is 9.47 Å². The van der Waals surface area contributed by atoms with Crippen LogP contribution in [0.15, 0.2) is 13.6 Å². The highest BCUT2D eigenvalue weighted by Crippen LogP contribution is 2.32. The van der Waals surface area contributed by atoms with Gasteiger partial charge in [0.2, 0.25) is 0 Å². The fourth-order valence-corrected chi connectivity index (χ4v) is 5.12. The molecule has 0 aliphatic heterocycles. The largest absolute Gasteiger partial charge is 0.381 e. The maximum atomic E-state index is 12.1. The van der Waals surface area contributed by atoms with Gasteiger partial charge in [-0.2, -0.15) is 0 Å². The molecular formula is C13H16Br2O3S. The third-order valence-electron chi connectivity index (χ3n) is 3.32. The standard InChI is InChI=1S/C13H16Br2O3S/c1-17-8-3-2-4-9(5-8)18-7-11(16)10-6-12(14)19-13(10)15/h6,8-9H,2-5,7H2,1H3. The molecule has 3 nitrogen and oxygen atoms in total. The van der Waals surface area contributed by atoms with Crippen LogP contribution in [0.3, 0.4) is 0 Å². The predicted molar refractivity (Wildman–Crippen MR) is 83.1 cm³/mol. The topological polar surface area (TPSA) is 35.5 Å². The highest BCUT2D eigenvalue weighted by atomic mass is 79.9. The van der Waals surface area contributed by atoms with Crippen molar-refractivity contribution in [3.8, 4) is 0 Å². The van der Waals surface area contributed by atoms with Crippen molar-refractivity contribution in [1.82, 2.24) is 0 Å². The predicted octanol–water partition coefficient (Wildman–Crippen LogP) is 4.43. The van der Waals surface area contributed by atoms with Crippen molar-refractivity contribution in [3.63, 3.8) is 0 Å². The number of rotatable bonds is 5. The lowest BCUT2D eigenvalue weighted by Crippen LogP contribution is -2.29. The fourth-order valence-electron chi connectivity index (χ4n) is 2.27. The first kappa shape index (κ1) is 15.6. The molecule has 1 aromatic heterocycles. The van der Waals surface area contributed by atoms with Gasteiger partial charge in [-0.25, -0.2) is 0 Å². The Hall–Kier alpha value is 0.250. The molecule has 1 heterocycles. The van der Waals surface area contributed by atoms with Gasteiger partial charge in [0.15, 0.2) is 5.78 Å². The lowest BCUT2D eigenvalue weighted by molar-refractivity contribution is -0.0243. The summed E-state index contributed by atoms with van der Waals surface area (Å²) in [5, 5.41) is 0. The second-order valence-electron chi connectivity index (χ2n) is 4.62. The van der Waals surface area contributed by atoms with Crippen LogP contribution in [0.2, 0.25) is 0 Å². The molecular weight excluding hydrogens is 396 g/mol. The summed E-state index contributed by atoms with van der Waals surface area (Å²) in [6, 6.07) is 1.83. The quantitative estimate of drug-likeness (QED) is 0.672. The minimum absolute atomic E-state index is 0.0216. The van der Waals surface area contributed by atoms with Crippen molar-refractivity contribution < 1.29 is 14.3 Å². The van der Waals surface area contributed by atoms with Gasteiger partial charge in [-0.05, 0) is 63.6 Å². The molecule has 0 aromatic carbocycles. The molecule has 1 aliphatic carbocycles. The molecule has 2 rings (SSSR count). The number of Topliss-reactive ketones (excluding diaryl/α,β-unsaturated/α-hetero) is 1. The van der Waals surface area contributed by atoms with Crippen molar-refractivity contribution in [1.29, 1.82) is 0 Å². The Morgan fingerprint density at radius 1 is 1.42 bits per heavy atom. The number of halogens is 2. The zero-order valence-electron chi connectivity index (χ0n) is 10.7. The van der Waals surface area contributed by atoms with Crippen LogP contribution in [0.1, 0.15) is 36.0 Å². The Bertz CT molecular complexity index is 447. The van der Waals surface area contributed by atoms with Crippen molar-refractivity contribution in [3.05, 3.63) is 19.2 Å². The molecule has 0 saturated heterocycles. The summed E-state index contributed by atoms with van der Waals surface area (Å²) in [4.78, 5) is 12.1. The van der Waals surface area contributed by atoms with E-state index in [9.17, 15) is 4.79 Å². The van der Waals surface area contributed by atoms with Crippen LogP contribution >= 0.6 is 43.2 Å². The van der Waals surface area contributed by atoms with E-state index in [-0.39, 0.29) is 24.6 Å². The maximum absolute atomic E-state index is 12.1. The minimum Gasteiger partial charge on any atom is -0.381 e. The number of carbonyl (C=O) groups excluding carboxylic acids is 1. The Balaban J connectivity index is 1.85. The summed E-state index contributed by atoms with van der Waals surface area (Å²) < 4.78 is 12.9. The average Bonchev–Trinajstić information content (AvgIpc) is 2.75. The number of thiophene rings is 1. The van der Waals surface area contributed by atoms with Crippen LogP contribution in [0.5, 0.6) is 0 Å². The van der Waals surface area contributed by atoms with Crippen molar-refractivity contribution in [2.24, 2.45) is 0 Å². The van der Waals surface area contributed by atoms with E-state index >= 15 is 0 Å². The summed E-state index contributed by atoms with van der Waals surface area (Å²) in [6.45, 7) is 0.142. The van der Waals surface area contributed by atoms with E-state index in [1.807, 2.05) is 6.07 Å². The molecule has 19 heavy (non-hydrogen) atoms. The van der Waals surface area contributed by atoms with Crippen LogP contribution < -0.4 is 0 Å². The smallest absolute Gasteiger partial charge is 0.190 e. The van der Waals surface area contributed by atoms with Gasteiger partial charge >= 0.3 is 0 Å². The van der Waals surface area contributed by atoms with E-state index in [1.54, 1.807) is 7.11 Å². The van der Waals surface area contributed by atoms with Gasteiger partial charge in [0, 0.05) is 12.7 Å². The van der Waals surface area contributed by atoms with Gasteiger partial charge in [0.25, 0.3) is 0 Å². The van der Waals surface area contributed by atoms with Gasteiger partial charge in [-0.1, -0.05) is 0 Å². The second kappa shape index (κ2) is 7.31. The maximum Gasteiger partial charge on any atom is 0.190 e. The molecule has 1 saturated carbocycles. The van der Waals surface area contributed by atoms with E-state index in [2.05, 4.69) is 31.9 Å². The van der Waals surface area contributed by atoms with Gasteiger partial charge in [-0.15, -0.1) is 11.3 Å². The second-order valence-corrected chi connectivity index (χ2v) is 8.37. The van der Waals surface area contributed by atoms with Crippen molar-refractivity contribution in [2.45, 2.75) is 37.9 Å². The van der Waals surface area contributed by atoms with Gasteiger partial charge in [-0.3, -0.25) is 4.79 Å². The van der Waals surface area contributed by atoms with Gasteiger partial charge in [0.1, 0.15) is 6.61 Å². The SMILES string of the molecule is COC1CCCC(OCC(=O)c2cc(Br)sc2Br)C1. The number of hydrogen-bond donors (Lipinski definition) is 0. The molecule has 0 bridgehead atoms. The van der Waals surface area contributed by atoms with Crippen LogP contribution in [0, 0.1) is 0 Å². The van der Waals surface area contributed by atoms with Crippen LogP contribution in [0.25, 0.3) is 0 Å². The summed E-state index contributed by atoms with van der Waals surface area (Å²) in [5.74, 6) is 0.0216. The van der Waals surface area contributed by atoms with Crippen LogP contribution in [-0.4, -0.2) is 31.7 Å². The lowest BCUT2D eigenvalue weighted by Gasteiger charge is -2.27. The van der Waals surface area contributed by atoms with Gasteiger partial charge in [0.05, 0.1) is 19.8 Å². The molecule has 1 aromatic rings. The number of hydrogen-bond acceptors (Lipinski definition) is 4. The first-order valence-corrected chi connectivity index (χ1v) is 8.63. The first-order chi connectivity index (χ1) is 9.10. The highest BCUT2D eigenvalue weighted by Gasteiger charge is 2.23. The Labute approximate surface area is 133 Å². The molecule has 106 valence electrons. The molecule has 2 unspecified atom stereocenters. The summed E-state index contributed by atoms with van der Waals surface area (Å²) in [6.07, 6.45) is 4.51. The first-order valence-electron chi connectivity index (χ1n) is 6.22. The third-order valence-corrected chi connectivity index (χ3v) is 5.66. The Kier molecular flexibility index (Phi) is 6.02. The van der Waals surface area contributed by atoms with E-state index in [1.165, 1.54) is 11.3 Å². The molecule has 6 heteroatoms. The number of carbonyl (C=O) groups is 1. The van der Waals surface area contributed by atoms with Crippen LogP contribution in [-0.2, 0) is 9.47 Å². The van der Waals surface area contributed by atoms with E-state index in [4.69, 9.17) is 9.47 Å². The normalized spacial score (nSPS) is 23.5. The molecule has 0 spiro atoms. The van der Waals surface area contributed by atoms with Crippen molar-refractivity contribution >= 4 is 49.0 Å². The minimum atomic E-state index is 0.0216. The molecule has 0 N–H and O–H groups in total. The monoisotopic (exact) mass is 410 g/mol. The fraction of sp³-hybridized carbons (Fsp3) is 0.615. The molecule has 2 atom stereocenters. The number of methoxy groups -OCH3 is 1. The average molecular weight is 412 g/mol. The number of ether oxygens (including phenoxy) is 2. The summed E-state index contributed by atoms with van der Waals surface area (Å²) in [7, 11) is 1.73. The van der Waals surface area contributed by atoms with Crippen molar-refractivity contribution in [2.75, 3.05) is 13.7 Å². The highest BCUT2D eigenvalue weighted by molar-refractivity contribution is 9.12. The molecule has 0 amide bonds. The summed E-state index contributed by atoms with van der Waals surface area (Å²) in [5.41, 5.74) is 0.691. The summed E-state index contributed by atoms with van der Waals surface area (Å²) >= 11 is 8.27. The Morgan fingerprint density at radius 3 is 2.79 bits per heavy atom. The molecule has 0 radical (unpaired) electrons. The molecule has 1 aliphatic rings. The zero-order valence-corrected chi connectivity index (χ0v) is 14.6. The number of ketones is 1. The third kappa shape index (κ3) is 4.36. The zero-order chi connectivity index (χ0) is 13.8. The van der Waals surface area contributed by atoms with E-state index in [0.29, 0.717) is 5.56 Å². The lowest BCUT2D eigenvalue weighted by atomic mass is 9.95. The van der Waals surface area contributed by atoms with Crippen LogP contribution in [0.4, 0.5) is 0 Å². The van der Waals surface area contributed by atoms with E-state index in [0.717, 1.165) is 33.3 Å². The molecule has 1 fully saturated rings.